The molecule has 1 aliphatic heterocycles. The van der Waals surface area contributed by atoms with Crippen molar-refractivity contribution in [2.75, 3.05) is 6.54 Å². The van der Waals surface area contributed by atoms with Crippen molar-refractivity contribution >= 4 is 12.2 Å². The number of likely N-dealkylation sites (tertiary alicyclic amines) is 1. The van der Waals surface area contributed by atoms with E-state index in [2.05, 4.69) is 0 Å². The molecule has 0 bridgehead atoms. The van der Waals surface area contributed by atoms with Gasteiger partial charge in [0.2, 0.25) is 6.41 Å². The number of nitrogens with zero attached hydrogens (tertiary/aromatic N) is 1. The molecule has 0 spiro atoms. The minimum absolute atomic E-state index is 0.0614. The lowest BCUT2D eigenvalue weighted by Crippen LogP contribution is -2.33. The highest BCUT2D eigenvalue weighted by Crippen LogP contribution is 2.16. The third-order valence-electron chi connectivity index (χ3n) is 1.92. The minimum atomic E-state index is -0.533. The average Bonchev–Trinajstić information content (AvgIpc) is 2.30. The zero-order chi connectivity index (χ0) is 8.43. The number of amides is 1. The molecule has 1 heterocycles. The second-order valence-electron chi connectivity index (χ2n) is 2.82. The van der Waals surface area contributed by atoms with E-state index in [1.165, 1.54) is 11.8 Å². The summed E-state index contributed by atoms with van der Waals surface area (Å²) in [5.41, 5.74) is 0. The van der Waals surface area contributed by atoms with Crippen LogP contribution in [-0.4, -0.2) is 40.9 Å². The SMILES string of the molecule is CC(=O)[C@@H]1C[C@@H](O)CN1C=O. The second kappa shape index (κ2) is 3.00. The van der Waals surface area contributed by atoms with E-state index in [1.54, 1.807) is 0 Å². The van der Waals surface area contributed by atoms with Crippen LogP contribution in [0.2, 0.25) is 0 Å². The highest BCUT2D eigenvalue weighted by molar-refractivity contribution is 5.83. The highest BCUT2D eigenvalue weighted by atomic mass is 16.3. The van der Waals surface area contributed by atoms with Crippen molar-refractivity contribution in [3.63, 3.8) is 0 Å². The molecule has 1 saturated heterocycles. The molecule has 0 unspecified atom stereocenters. The van der Waals surface area contributed by atoms with E-state index in [-0.39, 0.29) is 12.3 Å². The number of hydrogen-bond donors (Lipinski definition) is 1. The van der Waals surface area contributed by atoms with E-state index >= 15 is 0 Å². The first kappa shape index (κ1) is 8.20. The number of aliphatic hydroxyl groups is 1. The molecule has 4 heteroatoms. The average molecular weight is 157 g/mol. The third-order valence-corrected chi connectivity index (χ3v) is 1.92. The van der Waals surface area contributed by atoms with Crippen LogP contribution in [0.1, 0.15) is 13.3 Å². The third kappa shape index (κ3) is 1.57. The maximum Gasteiger partial charge on any atom is 0.210 e. The van der Waals surface area contributed by atoms with Crippen LogP contribution in [0.3, 0.4) is 0 Å². The smallest absolute Gasteiger partial charge is 0.210 e. The highest BCUT2D eigenvalue weighted by Gasteiger charge is 2.32. The molecule has 0 aliphatic carbocycles. The fraction of sp³-hybridized carbons (Fsp3) is 0.714. The van der Waals surface area contributed by atoms with Gasteiger partial charge in [-0.25, -0.2) is 0 Å². The molecule has 1 aliphatic rings. The van der Waals surface area contributed by atoms with Crippen molar-refractivity contribution in [3.8, 4) is 0 Å². The van der Waals surface area contributed by atoms with Crippen LogP contribution in [0.25, 0.3) is 0 Å². The fourth-order valence-electron chi connectivity index (χ4n) is 1.35. The van der Waals surface area contributed by atoms with Crippen LogP contribution < -0.4 is 0 Å². The quantitative estimate of drug-likeness (QED) is 0.532. The molecular formula is C7H11NO3. The number of aliphatic hydroxyl groups excluding tert-OH is 1. The molecule has 0 saturated carbocycles. The Kier molecular flexibility index (Phi) is 2.24. The minimum Gasteiger partial charge on any atom is -0.391 e. The van der Waals surface area contributed by atoms with Gasteiger partial charge in [-0.1, -0.05) is 0 Å². The first-order chi connectivity index (χ1) is 5.15. The first-order valence-corrected chi connectivity index (χ1v) is 3.54. The Labute approximate surface area is 64.8 Å². The zero-order valence-electron chi connectivity index (χ0n) is 6.36. The molecule has 62 valence electrons. The van der Waals surface area contributed by atoms with Gasteiger partial charge >= 0.3 is 0 Å². The molecule has 0 radical (unpaired) electrons. The Hall–Kier alpha value is -0.900. The van der Waals surface area contributed by atoms with Gasteiger partial charge in [0.15, 0.2) is 5.78 Å². The second-order valence-corrected chi connectivity index (χ2v) is 2.82. The molecule has 1 N–H and O–H groups in total. The van der Waals surface area contributed by atoms with Crippen molar-refractivity contribution in [2.45, 2.75) is 25.5 Å². The Bertz CT molecular complexity index is 181. The number of hydrogen-bond acceptors (Lipinski definition) is 3. The van der Waals surface area contributed by atoms with Crippen LogP contribution in [-0.2, 0) is 9.59 Å². The summed E-state index contributed by atoms with van der Waals surface area (Å²) < 4.78 is 0. The van der Waals surface area contributed by atoms with Gasteiger partial charge in [0.05, 0.1) is 12.1 Å². The maximum atomic E-state index is 10.8. The molecule has 1 fully saturated rings. The standard InChI is InChI=1S/C7H11NO3/c1-5(10)7-2-6(11)3-8(7)4-9/h4,6-7,11H,2-3H2,1H3/t6-,7+/m1/s1. The first-order valence-electron chi connectivity index (χ1n) is 3.54. The number of rotatable bonds is 2. The Balaban J connectivity index is 2.64. The van der Waals surface area contributed by atoms with Crippen molar-refractivity contribution in [3.05, 3.63) is 0 Å². The van der Waals surface area contributed by atoms with Gasteiger partial charge in [0, 0.05) is 13.0 Å². The van der Waals surface area contributed by atoms with Crippen LogP contribution in [0, 0.1) is 0 Å². The number of ketones is 1. The van der Waals surface area contributed by atoms with Gasteiger partial charge in [0.1, 0.15) is 0 Å². The number of carbonyl (C=O) groups excluding carboxylic acids is 2. The van der Waals surface area contributed by atoms with Gasteiger partial charge in [-0.15, -0.1) is 0 Å². The maximum absolute atomic E-state index is 10.8. The molecule has 11 heavy (non-hydrogen) atoms. The van der Waals surface area contributed by atoms with Gasteiger partial charge in [-0.2, -0.15) is 0 Å². The topological polar surface area (TPSA) is 57.6 Å². The molecule has 0 aromatic heterocycles. The summed E-state index contributed by atoms with van der Waals surface area (Å²) in [5.74, 6) is -0.0614. The van der Waals surface area contributed by atoms with Crippen LogP contribution >= 0.6 is 0 Å². The van der Waals surface area contributed by atoms with Crippen molar-refractivity contribution in [1.29, 1.82) is 0 Å². The number of Topliss-reactive ketones (excluding diaryl/α,β-unsaturated/α-hetero) is 1. The molecule has 2 atom stereocenters. The van der Waals surface area contributed by atoms with Crippen molar-refractivity contribution in [2.24, 2.45) is 0 Å². The van der Waals surface area contributed by atoms with E-state index < -0.39 is 12.1 Å². The molecule has 1 amide bonds. The summed E-state index contributed by atoms with van der Waals surface area (Å²) in [6, 6.07) is -0.400. The molecule has 0 aromatic rings. The molecule has 4 nitrogen and oxygen atoms in total. The summed E-state index contributed by atoms with van der Waals surface area (Å²) in [5, 5.41) is 9.10. The predicted octanol–water partition coefficient (Wildman–Crippen LogP) is -0.833. The lowest BCUT2D eigenvalue weighted by molar-refractivity contribution is -0.128. The molecule has 1 rings (SSSR count). The van der Waals surface area contributed by atoms with E-state index in [4.69, 9.17) is 5.11 Å². The fourth-order valence-corrected chi connectivity index (χ4v) is 1.35. The van der Waals surface area contributed by atoms with E-state index in [9.17, 15) is 9.59 Å². The Morgan fingerprint density at radius 1 is 1.73 bits per heavy atom. The van der Waals surface area contributed by atoms with Crippen molar-refractivity contribution < 1.29 is 14.7 Å². The number of β-amino-alcohol motifs (C(OH)–C–C–N with tert-alkyl or cyclic N) is 1. The van der Waals surface area contributed by atoms with E-state index in [0.717, 1.165) is 0 Å². The molecule has 0 aromatic carbocycles. The van der Waals surface area contributed by atoms with Crippen molar-refractivity contribution in [1.82, 2.24) is 4.90 Å². The van der Waals surface area contributed by atoms with Gasteiger partial charge in [-0.05, 0) is 6.92 Å². The lowest BCUT2D eigenvalue weighted by Gasteiger charge is -2.15. The van der Waals surface area contributed by atoms with Gasteiger partial charge in [-0.3, -0.25) is 9.59 Å². The van der Waals surface area contributed by atoms with Crippen LogP contribution in [0.15, 0.2) is 0 Å². The Morgan fingerprint density at radius 2 is 2.36 bits per heavy atom. The summed E-state index contributed by atoms with van der Waals surface area (Å²) in [6.07, 6.45) is 0.463. The number of carbonyl (C=O) groups is 2. The summed E-state index contributed by atoms with van der Waals surface area (Å²) in [6.45, 7) is 1.72. The lowest BCUT2D eigenvalue weighted by atomic mass is 10.1. The predicted molar refractivity (Wildman–Crippen MR) is 37.9 cm³/mol. The largest absolute Gasteiger partial charge is 0.391 e. The normalized spacial score (nSPS) is 30.5. The van der Waals surface area contributed by atoms with E-state index in [1.807, 2.05) is 0 Å². The summed E-state index contributed by atoms with van der Waals surface area (Å²) >= 11 is 0. The zero-order valence-corrected chi connectivity index (χ0v) is 6.36. The monoisotopic (exact) mass is 157 g/mol. The summed E-state index contributed by atoms with van der Waals surface area (Å²) in [4.78, 5) is 22.5. The van der Waals surface area contributed by atoms with E-state index in [0.29, 0.717) is 12.8 Å². The Morgan fingerprint density at radius 3 is 2.73 bits per heavy atom. The van der Waals surface area contributed by atoms with Gasteiger partial charge in [0.25, 0.3) is 0 Å². The van der Waals surface area contributed by atoms with Crippen LogP contribution in [0.4, 0.5) is 0 Å². The summed E-state index contributed by atoms with van der Waals surface area (Å²) in [7, 11) is 0. The van der Waals surface area contributed by atoms with Gasteiger partial charge < -0.3 is 10.0 Å². The molecular weight excluding hydrogens is 146 g/mol. The van der Waals surface area contributed by atoms with Crippen LogP contribution in [0.5, 0.6) is 0 Å².